The van der Waals surface area contributed by atoms with Gasteiger partial charge < -0.3 is 31.1 Å². The molecular weight excluding hydrogens is 597 g/mol. The van der Waals surface area contributed by atoms with Crippen LogP contribution in [0.4, 0.5) is 0 Å². The summed E-state index contributed by atoms with van der Waals surface area (Å²) in [6, 6.07) is 0. The second-order valence-electron chi connectivity index (χ2n) is 12.1. The van der Waals surface area contributed by atoms with E-state index in [-0.39, 0.29) is 22.6 Å². The van der Waals surface area contributed by atoms with Gasteiger partial charge in [-0.15, -0.1) is 0 Å². The normalized spacial score (nSPS) is 16.1. The van der Waals surface area contributed by atoms with Crippen LogP contribution in [0.3, 0.4) is 0 Å². The van der Waals surface area contributed by atoms with Gasteiger partial charge in [0, 0.05) is 52.4 Å². The maximum Gasteiger partial charge on any atom is 0.248 e. The highest BCUT2D eigenvalue weighted by Crippen LogP contribution is 2.25. The van der Waals surface area contributed by atoms with Crippen molar-refractivity contribution in [2.45, 2.75) is 60.8 Å². The predicted octanol–water partition coefficient (Wildman–Crippen LogP) is 2.04. The molecule has 0 aromatic carbocycles. The highest BCUT2D eigenvalue weighted by molar-refractivity contribution is 7.80. The maximum absolute atomic E-state index is 12.3. The summed E-state index contributed by atoms with van der Waals surface area (Å²) >= 11 is 21.8. The molecule has 2 saturated heterocycles. The summed E-state index contributed by atoms with van der Waals surface area (Å²) < 4.78 is 0. The Hall–Kier alpha value is -1.90. The molecule has 0 radical (unpaired) electrons. The van der Waals surface area contributed by atoms with Crippen LogP contribution in [0.5, 0.6) is 0 Å². The van der Waals surface area contributed by atoms with Gasteiger partial charge in [-0.3, -0.25) is 19.4 Å². The molecule has 0 aromatic rings. The number of nitrogens with zero attached hydrogens (tertiary/aromatic N) is 4. The van der Waals surface area contributed by atoms with Gasteiger partial charge in [0.25, 0.3) is 0 Å². The van der Waals surface area contributed by atoms with E-state index in [1.807, 2.05) is 23.6 Å². The molecule has 232 valence electrons. The van der Waals surface area contributed by atoms with Crippen LogP contribution in [0.25, 0.3) is 0 Å². The average Bonchev–Trinajstić information content (AvgIpc) is 3.31. The van der Waals surface area contributed by atoms with E-state index in [9.17, 15) is 9.59 Å². The number of rotatable bonds is 16. The first kappa shape index (κ1) is 35.3. The molecule has 0 aliphatic carbocycles. The Morgan fingerprint density at radius 3 is 1.34 bits per heavy atom. The molecule has 41 heavy (non-hydrogen) atoms. The largest absolute Gasteiger partial charge is 0.363 e. The first-order valence-corrected chi connectivity index (χ1v) is 16.0. The van der Waals surface area contributed by atoms with Crippen LogP contribution in [-0.2, 0) is 9.59 Å². The van der Waals surface area contributed by atoms with Crippen molar-refractivity contribution in [3.05, 3.63) is 0 Å². The zero-order valence-corrected chi connectivity index (χ0v) is 28.7. The Kier molecular flexibility index (Phi) is 13.8. The summed E-state index contributed by atoms with van der Waals surface area (Å²) in [5, 5.41) is 15.5. The van der Waals surface area contributed by atoms with Crippen molar-refractivity contribution in [3.63, 3.8) is 0 Å². The second-order valence-corrected chi connectivity index (χ2v) is 13.6. The first-order chi connectivity index (χ1) is 19.2. The van der Waals surface area contributed by atoms with E-state index in [2.05, 4.69) is 49.0 Å². The maximum atomic E-state index is 12.3. The smallest absolute Gasteiger partial charge is 0.248 e. The summed E-state index contributed by atoms with van der Waals surface area (Å²) in [6.07, 6.45) is 2.55. The van der Waals surface area contributed by atoms with E-state index >= 15 is 0 Å². The van der Waals surface area contributed by atoms with Gasteiger partial charge in [0.2, 0.25) is 11.8 Å². The van der Waals surface area contributed by atoms with Gasteiger partial charge in [0.05, 0.1) is 13.1 Å². The minimum absolute atomic E-state index is 0.0751. The van der Waals surface area contributed by atoms with E-state index in [4.69, 9.17) is 48.9 Å². The molecule has 0 saturated carbocycles. The molecule has 4 N–H and O–H groups in total. The molecule has 14 heteroatoms. The molecule has 0 unspecified atom stereocenters. The van der Waals surface area contributed by atoms with E-state index < -0.39 is 0 Å². The molecule has 0 aromatic heterocycles. The number of amides is 2. The van der Waals surface area contributed by atoms with Gasteiger partial charge in [-0.1, -0.05) is 27.7 Å². The lowest BCUT2D eigenvalue weighted by molar-refractivity contribution is -0.126. The molecule has 0 atom stereocenters. The van der Waals surface area contributed by atoms with Gasteiger partial charge in [-0.05, 0) is 92.8 Å². The quantitative estimate of drug-likeness (QED) is 0.146. The number of nitrogens with one attached hydrogen (secondary N) is 4. The number of thiocarbonyl (C=S) groups is 4. The predicted molar refractivity (Wildman–Crippen MR) is 182 cm³/mol. The third kappa shape index (κ3) is 11.4. The molecular formula is C27H48N8O2S4. The van der Waals surface area contributed by atoms with Crippen LogP contribution in [0.15, 0.2) is 0 Å². The van der Waals surface area contributed by atoms with Gasteiger partial charge in [-0.25, -0.2) is 0 Å². The minimum Gasteiger partial charge on any atom is -0.363 e. The highest BCUT2D eigenvalue weighted by atomic mass is 32.1. The van der Waals surface area contributed by atoms with Crippen LogP contribution in [-0.4, -0.2) is 117 Å². The van der Waals surface area contributed by atoms with Crippen LogP contribution < -0.4 is 21.3 Å². The number of likely N-dealkylation sites (N-methyl/N-ethyl adjacent to an activating group) is 2. The van der Waals surface area contributed by atoms with Gasteiger partial charge >= 0.3 is 0 Å². The highest BCUT2D eigenvalue weighted by Gasteiger charge is 2.36. The van der Waals surface area contributed by atoms with Gasteiger partial charge in [-0.2, -0.15) is 0 Å². The Morgan fingerprint density at radius 1 is 0.683 bits per heavy atom. The molecule has 2 fully saturated rings. The fourth-order valence-corrected chi connectivity index (χ4v) is 5.78. The van der Waals surface area contributed by atoms with Crippen molar-refractivity contribution >= 4 is 81.1 Å². The van der Waals surface area contributed by atoms with E-state index in [1.54, 1.807) is 9.80 Å². The first-order valence-electron chi connectivity index (χ1n) is 14.4. The van der Waals surface area contributed by atoms with Crippen molar-refractivity contribution in [2.75, 3.05) is 65.4 Å². The average molecular weight is 645 g/mol. The van der Waals surface area contributed by atoms with Crippen LogP contribution in [0, 0.1) is 10.8 Å². The zero-order chi connectivity index (χ0) is 30.8. The Labute approximate surface area is 267 Å². The Bertz CT molecular complexity index is 914. The molecule has 0 spiro atoms. The topological polar surface area (TPSA) is 95.2 Å². The monoisotopic (exact) mass is 644 g/mol. The lowest BCUT2D eigenvalue weighted by atomic mass is 9.88. The van der Waals surface area contributed by atoms with Crippen LogP contribution in [0.1, 0.15) is 60.8 Å². The van der Waals surface area contributed by atoms with E-state index in [0.717, 1.165) is 45.4 Å². The molecule has 2 aliphatic heterocycles. The summed E-state index contributed by atoms with van der Waals surface area (Å²) in [5.41, 5.74) is -0.189. The van der Waals surface area contributed by atoms with Crippen molar-refractivity contribution in [3.8, 4) is 0 Å². The van der Waals surface area contributed by atoms with E-state index in [0.29, 0.717) is 59.7 Å². The van der Waals surface area contributed by atoms with Crippen LogP contribution >= 0.6 is 48.9 Å². The van der Waals surface area contributed by atoms with Crippen molar-refractivity contribution in [1.82, 2.24) is 40.9 Å². The number of hydrogen-bond acceptors (Lipinski definition) is 6. The van der Waals surface area contributed by atoms with Crippen LogP contribution in [0.2, 0.25) is 0 Å². The second kappa shape index (κ2) is 16.1. The summed E-state index contributed by atoms with van der Waals surface area (Å²) in [7, 11) is 0. The summed E-state index contributed by atoms with van der Waals surface area (Å²) in [6.45, 7) is 18.9. The van der Waals surface area contributed by atoms with Crippen molar-refractivity contribution in [2.24, 2.45) is 10.8 Å². The number of hydrogen-bond donors (Lipinski definition) is 4. The molecule has 2 heterocycles. The summed E-state index contributed by atoms with van der Waals surface area (Å²) in [5.74, 6) is 0.150. The Balaban J connectivity index is 1.54. The lowest BCUT2D eigenvalue weighted by Crippen LogP contribution is -2.43. The fourth-order valence-electron chi connectivity index (χ4n) is 4.65. The SMILES string of the molecule is CCN1CC(=O)N(CC(C)(C)CCNC(=S)NCCCNC(=S)NCCC(C)(C)CN2C(=O)CN(CC)C2=S)C1=S. The standard InChI is InChI=1S/C27H48N8O2S4/c1-7-32-16-20(36)34(24(32)40)18-26(3,4)10-14-30-22(38)28-12-9-13-29-23(39)31-15-11-27(5,6)19-35-21(37)17-33(8-2)25(35)41/h7-19H2,1-6H3,(H2,28,30,38)(H2,29,31,39). The van der Waals surface area contributed by atoms with E-state index in [1.165, 1.54) is 0 Å². The lowest BCUT2D eigenvalue weighted by Gasteiger charge is -2.30. The van der Waals surface area contributed by atoms with Gasteiger partial charge in [0.1, 0.15) is 0 Å². The minimum atomic E-state index is -0.0947. The van der Waals surface area contributed by atoms with Crippen molar-refractivity contribution < 1.29 is 9.59 Å². The van der Waals surface area contributed by atoms with Crippen molar-refractivity contribution in [1.29, 1.82) is 0 Å². The third-order valence-electron chi connectivity index (χ3n) is 7.29. The molecule has 10 nitrogen and oxygen atoms in total. The molecule has 2 amide bonds. The zero-order valence-electron chi connectivity index (χ0n) is 25.4. The Morgan fingerprint density at radius 2 is 1.02 bits per heavy atom. The number of carbonyl (C=O) groups excluding carboxylic acids is 2. The number of carbonyl (C=O) groups is 2. The fraction of sp³-hybridized carbons (Fsp3) is 0.778. The molecule has 2 rings (SSSR count). The molecule has 0 bridgehead atoms. The van der Waals surface area contributed by atoms with Gasteiger partial charge in [0.15, 0.2) is 20.4 Å². The summed E-state index contributed by atoms with van der Waals surface area (Å²) in [4.78, 5) is 32.0. The third-order valence-corrected chi connectivity index (χ3v) is 8.83. The molecule has 2 aliphatic rings.